The minimum absolute atomic E-state index is 0.0898. The lowest BCUT2D eigenvalue weighted by atomic mass is 9.73. The Morgan fingerprint density at radius 2 is 2.19 bits per heavy atom. The Morgan fingerprint density at radius 1 is 1.37 bits per heavy atom. The van der Waals surface area contributed by atoms with Crippen LogP contribution in [0.5, 0.6) is 0 Å². The number of hydrogen-bond donors (Lipinski definition) is 1. The van der Waals surface area contributed by atoms with E-state index >= 15 is 0 Å². The summed E-state index contributed by atoms with van der Waals surface area (Å²) in [6.45, 7) is 6.35. The second-order valence-electron chi connectivity index (χ2n) is 8.08. The van der Waals surface area contributed by atoms with Gasteiger partial charge in [-0.3, -0.25) is 4.79 Å². The fourth-order valence-corrected chi connectivity index (χ4v) is 5.17. The van der Waals surface area contributed by atoms with Crippen LogP contribution in [0.2, 0.25) is 0 Å². The lowest BCUT2D eigenvalue weighted by molar-refractivity contribution is 0.0141. The molecule has 7 heteroatoms. The molecule has 3 aliphatic rings. The fourth-order valence-electron chi connectivity index (χ4n) is 5.17. The van der Waals surface area contributed by atoms with Gasteiger partial charge in [-0.15, -0.1) is 0 Å². The summed E-state index contributed by atoms with van der Waals surface area (Å²) in [6, 6.07) is 3.68. The van der Waals surface area contributed by atoms with Crippen molar-refractivity contribution in [3.63, 3.8) is 0 Å². The Kier molecular flexibility index (Phi) is 3.75. The molecule has 4 atom stereocenters. The van der Waals surface area contributed by atoms with Crippen molar-refractivity contribution in [3.05, 3.63) is 41.6 Å². The smallest absolute Gasteiger partial charge is 0.254 e. The third-order valence-corrected chi connectivity index (χ3v) is 6.32. The maximum absolute atomic E-state index is 12.3. The van der Waals surface area contributed by atoms with Gasteiger partial charge < -0.3 is 19.4 Å². The monoisotopic (exact) mass is 368 g/mol. The number of ether oxygens (including phenoxy) is 1. The van der Waals surface area contributed by atoms with Crippen LogP contribution in [0.1, 0.15) is 34.6 Å². The number of aromatic nitrogens is 2. The Hall–Kier alpha value is -2.41. The van der Waals surface area contributed by atoms with Crippen molar-refractivity contribution in [2.24, 2.45) is 11.8 Å². The van der Waals surface area contributed by atoms with E-state index < -0.39 is 0 Å². The van der Waals surface area contributed by atoms with Crippen LogP contribution in [0.3, 0.4) is 0 Å². The second-order valence-corrected chi connectivity index (χ2v) is 8.08. The van der Waals surface area contributed by atoms with Gasteiger partial charge in [-0.1, -0.05) is 0 Å². The molecule has 1 amide bonds. The second kappa shape index (κ2) is 6.05. The van der Waals surface area contributed by atoms with Crippen LogP contribution in [0, 0.1) is 25.7 Å². The summed E-state index contributed by atoms with van der Waals surface area (Å²) in [6.07, 6.45) is 5.37. The number of aryl methyl sites for hydroxylation is 2. The molecule has 27 heavy (non-hydrogen) atoms. The molecule has 1 N–H and O–H groups in total. The number of fused-ring (bicyclic) bond motifs is 1. The molecule has 3 aliphatic heterocycles. The van der Waals surface area contributed by atoms with Crippen molar-refractivity contribution in [1.82, 2.24) is 15.3 Å². The van der Waals surface area contributed by atoms with Crippen LogP contribution in [-0.2, 0) is 4.74 Å². The predicted molar refractivity (Wildman–Crippen MR) is 98.6 cm³/mol. The standard InChI is InChI=1S/C20H24N4O3/c1-12-7-13(2)23-19(22-12)24-9-16-15(17-3-5-20(16,11-24)27-17)8-21-18(25)14-4-6-26-10-14/h4,6-7,10,15-17H,3,5,8-9,11H2,1-2H3,(H,21,25)/t15-,16+,17+,20+/m0/s1. The summed E-state index contributed by atoms with van der Waals surface area (Å²) in [7, 11) is 0. The van der Waals surface area contributed by atoms with E-state index in [-0.39, 0.29) is 17.6 Å². The molecular formula is C20H24N4O3. The van der Waals surface area contributed by atoms with Crippen LogP contribution in [0.4, 0.5) is 5.95 Å². The first-order valence-corrected chi connectivity index (χ1v) is 9.59. The number of amides is 1. The molecule has 0 saturated carbocycles. The van der Waals surface area contributed by atoms with E-state index in [0.29, 0.717) is 23.9 Å². The van der Waals surface area contributed by atoms with Crippen LogP contribution in [0.25, 0.3) is 0 Å². The Bertz CT molecular complexity index is 848. The van der Waals surface area contributed by atoms with Gasteiger partial charge in [-0.2, -0.15) is 0 Å². The molecule has 7 nitrogen and oxygen atoms in total. The van der Waals surface area contributed by atoms with Gasteiger partial charge in [0.1, 0.15) is 6.26 Å². The zero-order valence-corrected chi connectivity index (χ0v) is 15.6. The number of carbonyl (C=O) groups is 1. The summed E-state index contributed by atoms with van der Waals surface area (Å²) in [5.74, 6) is 1.42. The minimum atomic E-state index is -0.114. The fraction of sp³-hybridized carbons (Fsp3) is 0.550. The van der Waals surface area contributed by atoms with Crippen LogP contribution in [0.15, 0.2) is 29.1 Å². The molecule has 5 heterocycles. The van der Waals surface area contributed by atoms with E-state index in [1.54, 1.807) is 6.07 Å². The highest BCUT2D eigenvalue weighted by atomic mass is 16.5. The van der Waals surface area contributed by atoms with Gasteiger partial charge in [-0.05, 0) is 38.8 Å². The summed E-state index contributed by atoms with van der Waals surface area (Å²) >= 11 is 0. The lowest BCUT2D eigenvalue weighted by Gasteiger charge is -2.29. The Balaban J connectivity index is 1.32. The average molecular weight is 368 g/mol. The normalized spacial score (nSPS) is 31.3. The Morgan fingerprint density at radius 3 is 2.93 bits per heavy atom. The van der Waals surface area contributed by atoms with Crippen molar-refractivity contribution >= 4 is 11.9 Å². The number of carbonyl (C=O) groups excluding carboxylic acids is 1. The van der Waals surface area contributed by atoms with Crippen LogP contribution >= 0.6 is 0 Å². The summed E-state index contributed by atoms with van der Waals surface area (Å²) in [5.41, 5.74) is 2.42. The number of hydrogen-bond acceptors (Lipinski definition) is 6. The highest BCUT2D eigenvalue weighted by Gasteiger charge is 2.63. The molecule has 3 fully saturated rings. The zero-order valence-electron chi connectivity index (χ0n) is 15.6. The third kappa shape index (κ3) is 2.72. The maximum atomic E-state index is 12.3. The molecular weight excluding hydrogens is 344 g/mol. The number of nitrogens with one attached hydrogen (secondary N) is 1. The molecule has 0 radical (unpaired) electrons. The summed E-state index contributed by atoms with van der Waals surface area (Å²) in [5, 5.41) is 3.07. The molecule has 3 saturated heterocycles. The predicted octanol–water partition coefficient (Wildman–Crippen LogP) is 2.10. The number of furan rings is 1. The topological polar surface area (TPSA) is 80.5 Å². The lowest BCUT2D eigenvalue weighted by Crippen LogP contribution is -2.41. The van der Waals surface area contributed by atoms with Crippen molar-refractivity contribution in [3.8, 4) is 0 Å². The van der Waals surface area contributed by atoms with Crippen molar-refractivity contribution in [2.45, 2.75) is 38.4 Å². The van der Waals surface area contributed by atoms with Gasteiger partial charge >= 0.3 is 0 Å². The highest BCUT2D eigenvalue weighted by Crippen LogP contribution is 2.54. The van der Waals surface area contributed by atoms with Gasteiger partial charge in [0.2, 0.25) is 5.95 Å². The van der Waals surface area contributed by atoms with E-state index in [4.69, 9.17) is 9.15 Å². The largest absolute Gasteiger partial charge is 0.472 e. The van der Waals surface area contributed by atoms with E-state index in [2.05, 4.69) is 20.2 Å². The van der Waals surface area contributed by atoms with Crippen LogP contribution < -0.4 is 10.2 Å². The van der Waals surface area contributed by atoms with Gasteiger partial charge in [0.05, 0.1) is 30.1 Å². The average Bonchev–Trinajstić information content (AvgIpc) is 3.38. The molecule has 0 aromatic carbocycles. The Labute approximate surface area is 158 Å². The number of rotatable bonds is 4. The van der Waals surface area contributed by atoms with E-state index in [1.165, 1.54) is 12.5 Å². The molecule has 2 aromatic heterocycles. The van der Waals surface area contributed by atoms with E-state index in [1.807, 2.05) is 19.9 Å². The van der Waals surface area contributed by atoms with Gasteiger partial charge in [-0.25, -0.2) is 9.97 Å². The molecule has 2 bridgehead atoms. The minimum Gasteiger partial charge on any atom is -0.472 e. The maximum Gasteiger partial charge on any atom is 0.254 e. The van der Waals surface area contributed by atoms with E-state index in [0.717, 1.165) is 43.3 Å². The first kappa shape index (κ1) is 16.7. The molecule has 5 rings (SSSR count). The van der Waals surface area contributed by atoms with Crippen molar-refractivity contribution < 1.29 is 13.9 Å². The molecule has 2 aromatic rings. The number of nitrogens with zero attached hydrogens (tertiary/aromatic N) is 3. The van der Waals surface area contributed by atoms with Crippen molar-refractivity contribution in [2.75, 3.05) is 24.5 Å². The SMILES string of the molecule is Cc1cc(C)nc(N2C[C@@H]3[C@H](CNC(=O)c4ccoc4)[C@H]4CC[C@]3(C2)O4)n1. The first-order chi connectivity index (χ1) is 13.0. The molecule has 0 aliphatic carbocycles. The first-order valence-electron chi connectivity index (χ1n) is 9.59. The molecule has 142 valence electrons. The number of anilines is 1. The van der Waals surface area contributed by atoms with Crippen molar-refractivity contribution in [1.29, 1.82) is 0 Å². The zero-order chi connectivity index (χ0) is 18.6. The third-order valence-electron chi connectivity index (χ3n) is 6.32. The quantitative estimate of drug-likeness (QED) is 0.890. The van der Waals surface area contributed by atoms with Gasteiger partial charge in [0, 0.05) is 36.3 Å². The summed E-state index contributed by atoms with van der Waals surface area (Å²) < 4.78 is 11.5. The van der Waals surface area contributed by atoms with Crippen LogP contribution in [-0.4, -0.2) is 47.2 Å². The van der Waals surface area contributed by atoms with Gasteiger partial charge in [0.15, 0.2) is 0 Å². The van der Waals surface area contributed by atoms with Gasteiger partial charge in [0.25, 0.3) is 5.91 Å². The van der Waals surface area contributed by atoms with E-state index in [9.17, 15) is 4.79 Å². The molecule has 1 spiro atoms. The highest BCUT2D eigenvalue weighted by molar-refractivity contribution is 5.93. The summed E-state index contributed by atoms with van der Waals surface area (Å²) in [4.78, 5) is 23.8. The molecule has 0 unspecified atom stereocenters.